The Hall–Kier alpha value is -4.90. The Morgan fingerprint density at radius 1 is 1.10 bits per heavy atom. The highest BCUT2D eigenvalue weighted by Gasteiger charge is 2.35. The van der Waals surface area contributed by atoms with Crippen LogP contribution in [0.4, 0.5) is 10.2 Å². The molecule has 212 valence electrons. The number of anilines is 1. The third kappa shape index (κ3) is 4.51. The van der Waals surface area contributed by atoms with Crippen LogP contribution in [-0.4, -0.2) is 65.4 Å². The highest BCUT2D eigenvalue weighted by atomic mass is 19.1. The monoisotopic (exact) mass is 563 g/mol. The molecule has 1 amide bonds. The normalized spacial score (nSPS) is 18.8. The van der Waals surface area contributed by atoms with Crippen molar-refractivity contribution in [1.29, 1.82) is 0 Å². The average Bonchev–Trinajstić information content (AvgIpc) is 3.75. The topological polar surface area (TPSA) is 120 Å². The van der Waals surface area contributed by atoms with Crippen molar-refractivity contribution in [3.63, 3.8) is 0 Å². The summed E-state index contributed by atoms with van der Waals surface area (Å²) in [6.07, 6.45) is 7.33. The molecule has 2 atom stereocenters. The number of aromatic nitrogens is 6. The second-order valence-electron chi connectivity index (χ2n) is 10.7. The Labute approximate surface area is 241 Å². The lowest BCUT2D eigenvalue weighted by molar-refractivity contribution is -0.127. The van der Waals surface area contributed by atoms with Gasteiger partial charge in [-0.05, 0) is 72.5 Å². The fourth-order valence-electron chi connectivity index (χ4n) is 6.09. The number of nitrogens with two attached hydrogens (primary N) is 1. The van der Waals surface area contributed by atoms with Gasteiger partial charge in [0.1, 0.15) is 17.5 Å². The number of piperidine rings is 1. The lowest BCUT2D eigenvalue weighted by Gasteiger charge is -2.34. The van der Waals surface area contributed by atoms with Gasteiger partial charge in [0, 0.05) is 49.8 Å². The Kier molecular flexibility index (Phi) is 6.50. The van der Waals surface area contributed by atoms with Gasteiger partial charge in [0.2, 0.25) is 5.91 Å². The van der Waals surface area contributed by atoms with E-state index in [4.69, 9.17) is 15.7 Å². The van der Waals surface area contributed by atoms with Crippen LogP contribution in [-0.2, 0) is 11.2 Å². The van der Waals surface area contributed by atoms with Crippen LogP contribution in [0.15, 0.2) is 79.8 Å². The number of nitrogens with zero attached hydrogens (tertiary/aromatic N) is 7. The second-order valence-corrected chi connectivity index (χ2v) is 10.7. The molecule has 0 saturated carbocycles. The zero-order chi connectivity index (χ0) is 28.8. The van der Waals surface area contributed by atoms with Gasteiger partial charge in [-0.25, -0.2) is 24.0 Å². The molecule has 3 N–H and O–H groups in total. The van der Waals surface area contributed by atoms with Gasteiger partial charge < -0.3 is 16.0 Å². The van der Waals surface area contributed by atoms with Gasteiger partial charge in [-0.2, -0.15) is 5.10 Å². The molecular weight excluding hydrogens is 533 g/mol. The summed E-state index contributed by atoms with van der Waals surface area (Å²) in [5.74, 6) is 1.55. The first kappa shape index (κ1) is 26.0. The molecular formula is C31H30FN9O. The van der Waals surface area contributed by atoms with Crippen molar-refractivity contribution in [3.05, 3.63) is 90.9 Å². The van der Waals surface area contributed by atoms with E-state index in [0.717, 1.165) is 29.7 Å². The summed E-state index contributed by atoms with van der Waals surface area (Å²) in [5, 5.41) is 7.87. The van der Waals surface area contributed by atoms with E-state index in [1.54, 1.807) is 22.0 Å². The Morgan fingerprint density at radius 2 is 1.95 bits per heavy atom. The number of hydrogen-bond acceptors (Lipinski definition) is 7. The molecule has 0 unspecified atom stereocenters. The van der Waals surface area contributed by atoms with Gasteiger partial charge in [0.15, 0.2) is 17.3 Å². The van der Waals surface area contributed by atoms with E-state index >= 15 is 4.39 Å². The number of pyridine rings is 2. The number of rotatable bonds is 6. The zero-order valence-corrected chi connectivity index (χ0v) is 22.9. The minimum atomic E-state index is -1.06. The number of fused-ring (bicyclic) bond motifs is 2. The van der Waals surface area contributed by atoms with Crippen molar-refractivity contribution in [2.24, 2.45) is 0 Å². The molecule has 1 fully saturated rings. The standard InChI is InChI=1S/C31H30FN9O/c1-2-27(42)39-15-10-20(11-16-39)36-28-22-7-6-21(17-19(22)18-24(28)32)41-30(23-5-3-12-34-29(23)33)37-25-8-9-26(38-31(25)41)40-14-4-13-35-40/h2-9,12-14,17,20,24,28,36H,1,10-11,15-16,18H2,(H2,33,34)/t24-,28-/m1/s1. The maximum Gasteiger partial charge on any atom is 0.245 e. The number of nitrogens with one attached hydrogen (secondary N) is 1. The first-order chi connectivity index (χ1) is 20.5. The third-order valence-corrected chi connectivity index (χ3v) is 8.20. The van der Waals surface area contributed by atoms with Gasteiger partial charge >= 0.3 is 0 Å². The predicted octanol–water partition coefficient (Wildman–Crippen LogP) is 3.95. The fraction of sp³-hybridized carbons (Fsp3) is 0.258. The molecule has 2 aliphatic rings. The predicted molar refractivity (Wildman–Crippen MR) is 158 cm³/mol. The lowest BCUT2D eigenvalue weighted by Crippen LogP contribution is -2.46. The summed E-state index contributed by atoms with van der Waals surface area (Å²) in [6, 6.07) is 15.1. The highest BCUT2D eigenvalue weighted by Crippen LogP contribution is 2.38. The molecule has 1 aromatic carbocycles. The molecule has 11 heteroatoms. The molecule has 42 heavy (non-hydrogen) atoms. The van der Waals surface area contributed by atoms with E-state index in [-0.39, 0.29) is 11.9 Å². The molecule has 10 nitrogen and oxygen atoms in total. The molecule has 0 bridgehead atoms. The summed E-state index contributed by atoms with van der Waals surface area (Å²) in [7, 11) is 0. The van der Waals surface area contributed by atoms with Gasteiger partial charge in [-0.3, -0.25) is 9.36 Å². The van der Waals surface area contributed by atoms with E-state index in [9.17, 15) is 4.79 Å². The maximum atomic E-state index is 15.5. The number of carbonyl (C=O) groups is 1. The number of nitrogen functional groups attached to an aromatic ring is 1. The molecule has 1 aliphatic heterocycles. The minimum absolute atomic E-state index is 0.0544. The molecule has 7 rings (SSSR count). The SMILES string of the molecule is C=CC(=O)N1CCC(N[C@@H]2c3ccc(-n4c(-c5cccnc5N)nc5ccc(-n6cccn6)nc54)cc3C[C@H]2F)CC1. The van der Waals surface area contributed by atoms with Crippen molar-refractivity contribution in [3.8, 4) is 22.9 Å². The first-order valence-electron chi connectivity index (χ1n) is 14.0. The number of halogens is 1. The van der Waals surface area contributed by atoms with Crippen molar-refractivity contribution in [1.82, 2.24) is 39.5 Å². The first-order valence-corrected chi connectivity index (χ1v) is 14.0. The van der Waals surface area contributed by atoms with Crippen LogP contribution >= 0.6 is 0 Å². The molecule has 4 aromatic heterocycles. The smallest absolute Gasteiger partial charge is 0.245 e. The zero-order valence-electron chi connectivity index (χ0n) is 22.9. The van der Waals surface area contributed by atoms with Gasteiger partial charge in [0.05, 0.1) is 11.6 Å². The largest absolute Gasteiger partial charge is 0.383 e. The average molecular weight is 564 g/mol. The van der Waals surface area contributed by atoms with E-state index in [0.29, 0.717) is 53.7 Å². The number of amides is 1. The lowest BCUT2D eigenvalue weighted by atomic mass is 10.0. The van der Waals surface area contributed by atoms with E-state index in [1.165, 1.54) is 6.08 Å². The van der Waals surface area contributed by atoms with Crippen LogP contribution in [0.1, 0.15) is 30.0 Å². The third-order valence-electron chi connectivity index (χ3n) is 8.20. The molecule has 1 aliphatic carbocycles. The molecule has 0 spiro atoms. The van der Waals surface area contributed by atoms with E-state index in [2.05, 4.69) is 22.0 Å². The second kappa shape index (κ2) is 10.5. The molecule has 5 heterocycles. The van der Waals surface area contributed by atoms with E-state index < -0.39 is 12.2 Å². The number of imidazole rings is 1. The van der Waals surface area contributed by atoms with Crippen molar-refractivity contribution < 1.29 is 9.18 Å². The quantitative estimate of drug-likeness (QED) is 0.300. The number of likely N-dealkylation sites (tertiary alicyclic amines) is 1. The van der Waals surface area contributed by atoms with Crippen LogP contribution in [0.2, 0.25) is 0 Å². The van der Waals surface area contributed by atoms with Crippen LogP contribution < -0.4 is 11.1 Å². The number of alkyl halides is 1. The summed E-state index contributed by atoms with van der Waals surface area (Å²) in [4.78, 5) is 27.8. The highest BCUT2D eigenvalue weighted by molar-refractivity contribution is 5.87. The number of carbonyl (C=O) groups excluding carboxylic acids is 1. The molecule has 5 aromatic rings. The van der Waals surface area contributed by atoms with Gasteiger partial charge in [0.25, 0.3) is 0 Å². The Bertz CT molecular complexity index is 1790. The van der Waals surface area contributed by atoms with Crippen molar-refractivity contribution >= 4 is 22.9 Å². The van der Waals surface area contributed by atoms with E-state index in [1.807, 2.05) is 59.3 Å². The molecule has 0 radical (unpaired) electrons. The van der Waals surface area contributed by atoms with Crippen LogP contribution in [0.25, 0.3) is 34.1 Å². The summed E-state index contributed by atoms with van der Waals surface area (Å²) >= 11 is 0. The van der Waals surface area contributed by atoms with Crippen molar-refractivity contribution in [2.75, 3.05) is 18.8 Å². The van der Waals surface area contributed by atoms with Crippen LogP contribution in [0.3, 0.4) is 0 Å². The van der Waals surface area contributed by atoms with Gasteiger partial charge in [-0.1, -0.05) is 12.6 Å². The van der Waals surface area contributed by atoms with Crippen LogP contribution in [0.5, 0.6) is 0 Å². The fourth-order valence-corrected chi connectivity index (χ4v) is 6.09. The Morgan fingerprint density at radius 3 is 2.71 bits per heavy atom. The van der Waals surface area contributed by atoms with Crippen LogP contribution in [0, 0.1) is 0 Å². The number of benzene rings is 1. The summed E-state index contributed by atoms with van der Waals surface area (Å²) in [5.41, 5.74) is 11.0. The Balaban J connectivity index is 1.26. The number of hydrogen-bond donors (Lipinski definition) is 2. The summed E-state index contributed by atoms with van der Waals surface area (Å²) < 4.78 is 19.2. The molecule has 1 saturated heterocycles. The van der Waals surface area contributed by atoms with Crippen molar-refractivity contribution in [2.45, 2.75) is 37.5 Å². The maximum absolute atomic E-state index is 15.5. The summed E-state index contributed by atoms with van der Waals surface area (Å²) in [6.45, 7) is 4.86. The van der Waals surface area contributed by atoms with Gasteiger partial charge in [-0.15, -0.1) is 0 Å². The minimum Gasteiger partial charge on any atom is -0.383 e.